The minimum Gasteiger partial charge on any atom is -0.357 e. The standard InChI is InChI=1S/C25H33N5O.HI/c1-2-26-25(28-17-21-15-24(31)29-23-8-4-3-7-22(21)23)27-16-19-9-11-20(12-10-19)18-30-13-5-6-14-30;/h3-4,7-12,21H,2,5-6,13-18H2,1H3,(H,29,31)(H2,26,27,28);1H. The van der Waals surface area contributed by atoms with Gasteiger partial charge >= 0.3 is 0 Å². The quantitative estimate of drug-likeness (QED) is 0.278. The van der Waals surface area contributed by atoms with Crippen molar-refractivity contribution in [3.8, 4) is 0 Å². The van der Waals surface area contributed by atoms with Crippen LogP contribution in [0, 0.1) is 0 Å². The Balaban J connectivity index is 0.00000289. The van der Waals surface area contributed by atoms with Crippen molar-refractivity contribution >= 4 is 41.5 Å². The molecule has 2 aromatic rings. The van der Waals surface area contributed by atoms with Crippen LogP contribution in [0.4, 0.5) is 5.69 Å². The first-order valence-corrected chi connectivity index (χ1v) is 11.4. The maximum absolute atomic E-state index is 12.1. The molecule has 2 aliphatic heterocycles. The lowest BCUT2D eigenvalue weighted by Crippen LogP contribution is -2.40. The Hall–Kier alpha value is -2.13. The molecule has 1 saturated heterocycles. The summed E-state index contributed by atoms with van der Waals surface area (Å²) >= 11 is 0. The molecule has 1 fully saturated rings. The Kier molecular flexibility index (Phi) is 9.35. The molecule has 0 bridgehead atoms. The maximum atomic E-state index is 12.1. The number of anilines is 1. The summed E-state index contributed by atoms with van der Waals surface area (Å²) in [4.78, 5) is 19.3. The second-order valence-electron chi connectivity index (χ2n) is 8.41. The van der Waals surface area contributed by atoms with E-state index >= 15 is 0 Å². The van der Waals surface area contributed by atoms with Crippen LogP contribution in [0.15, 0.2) is 53.5 Å². The zero-order valence-electron chi connectivity index (χ0n) is 18.8. The summed E-state index contributed by atoms with van der Waals surface area (Å²) in [6, 6.07) is 16.8. The molecule has 32 heavy (non-hydrogen) atoms. The molecule has 2 heterocycles. The predicted molar refractivity (Wildman–Crippen MR) is 142 cm³/mol. The second-order valence-corrected chi connectivity index (χ2v) is 8.41. The predicted octanol–water partition coefficient (Wildman–Crippen LogP) is 4.08. The summed E-state index contributed by atoms with van der Waals surface area (Å²) in [5, 5.41) is 9.71. The highest BCUT2D eigenvalue weighted by Gasteiger charge is 2.24. The van der Waals surface area contributed by atoms with Crippen molar-refractivity contribution in [2.45, 2.75) is 45.2 Å². The molecule has 2 aromatic carbocycles. The van der Waals surface area contributed by atoms with Crippen LogP contribution in [0.25, 0.3) is 0 Å². The molecule has 4 rings (SSSR count). The highest BCUT2D eigenvalue weighted by molar-refractivity contribution is 14.0. The molecular weight excluding hydrogens is 513 g/mol. The Labute approximate surface area is 208 Å². The number of likely N-dealkylation sites (tertiary alicyclic amines) is 1. The molecule has 6 nitrogen and oxygen atoms in total. The smallest absolute Gasteiger partial charge is 0.225 e. The molecule has 3 N–H and O–H groups in total. The Morgan fingerprint density at radius 3 is 2.53 bits per heavy atom. The van der Waals surface area contributed by atoms with Gasteiger partial charge in [-0.1, -0.05) is 42.5 Å². The zero-order valence-corrected chi connectivity index (χ0v) is 21.1. The summed E-state index contributed by atoms with van der Waals surface area (Å²) < 4.78 is 0. The lowest BCUT2D eigenvalue weighted by Gasteiger charge is -2.26. The number of fused-ring (bicyclic) bond motifs is 1. The lowest BCUT2D eigenvalue weighted by atomic mass is 9.90. The highest BCUT2D eigenvalue weighted by Crippen LogP contribution is 2.31. The first-order chi connectivity index (χ1) is 15.2. The van der Waals surface area contributed by atoms with Crippen molar-refractivity contribution in [3.05, 3.63) is 65.2 Å². The van der Waals surface area contributed by atoms with Gasteiger partial charge in [0.2, 0.25) is 5.91 Å². The maximum Gasteiger partial charge on any atom is 0.225 e. The van der Waals surface area contributed by atoms with Crippen LogP contribution in [0.5, 0.6) is 0 Å². The fraction of sp³-hybridized carbons (Fsp3) is 0.440. The number of carbonyl (C=O) groups is 1. The molecule has 0 spiro atoms. The third-order valence-electron chi connectivity index (χ3n) is 6.01. The number of aliphatic imine (C=N–C) groups is 1. The van der Waals surface area contributed by atoms with Gasteiger partial charge in [-0.05, 0) is 55.6 Å². The Morgan fingerprint density at radius 2 is 1.78 bits per heavy atom. The van der Waals surface area contributed by atoms with Gasteiger partial charge in [0, 0.05) is 37.7 Å². The van der Waals surface area contributed by atoms with E-state index in [-0.39, 0.29) is 35.8 Å². The molecule has 1 unspecified atom stereocenters. The summed E-state index contributed by atoms with van der Waals surface area (Å²) in [5.74, 6) is 0.993. The van der Waals surface area contributed by atoms with Gasteiger partial charge < -0.3 is 16.0 Å². The number of amides is 1. The fourth-order valence-electron chi connectivity index (χ4n) is 4.36. The summed E-state index contributed by atoms with van der Waals surface area (Å²) in [5.41, 5.74) is 4.67. The van der Waals surface area contributed by atoms with Gasteiger partial charge in [-0.25, -0.2) is 4.99 Å². The topological polar surface area (TPSA) is 68.8 Å². The molecule has 1 amide bonds. The average molecular weight is 547 g/mol. The number of benzene rings is 2. The molecule has 0 radical (unpaired) electrons. The van der Waals surface area contributed by atoms with Gasteiger partial charge in [0.15, 0.2) is 5.96 Å². The van der Waals surface area contributed by atoms with Gasteiger partial charge in [0.05, 0.1) is 6.54 Å². The number of halogens is 1. The molecule has 7 heteroatoms. The number of nitrogens with zero attached hydrogens (tertiary/aromatic N) is 2. The molecule has 2 aliphatic rings. The summed E-state index contributed by atoms with van der Waals surface area (Å²) in [7, 11) is 0. The van der Waals surface area contributed by atoms with Crippen molar-refractivity contribution in [2.24, 2.45) is 4.99 Å². The van der Waals surface area contributed by atoms with Gasteiger partial charge in [-0.15, -0.1) is 24.0 Å². The Bertz CT molecular complexity index is 909. The van der Waals surface area contributed by atoms with Crippen LogP contribution in [0.2, 0.25) is 0 Å². The normalized spacial score (nSPS) is 18.5. The average Bonchev–Trinajstić information content (AvgIpc) is 3.29. The summed E-state index contributed by atoms with van der Waals surface area (Å²) in [6.45, 7) is 7.64. The van der Waals surface area contributed by atoms with E-state index in [9.17, 15) is 4.79 Å². The van der Waals surface area contributed by atoms with E-state index in [4.69, 9.17) is 4.99 Å². The third kappa shape index (κ3) is 6.68. The fourth-order valence-corrected chi connectivity index (χ4v) is 4.36. The van der Waals surface area contributed by atoms with Crippen molar-refractivity contribution in [2.75, 3.05) is 31.5 Å². The first kappa shape index (κ1) is 24.5. The van der Waals surface area contributed by atoms with E-state index in [0.717, 1.165) is 24.7 Å². The van der Waals surface area contributed by atoms with Gasteiger partial charge in [0.25, 0.3) is 0 Å². The number of guanidine groups is 1. The molecule has 172 valence electrons. The number of para-hydroxylation sites is 1. The van der Waals surface area contributed by atoms with Gasteiger partial charge in [0.1, 0.15) is 0 Å². The van der Waals surface area contributed by atoms with Crippen LogP contribution in [-0.2, 0) is 17.9 Å². The Morgan fingerprint density at radius 1 is 1.06 bits per heavy atom. The minimum atomic E-state index is 0. The van der Waals surface area contributed by atoms with Gasteiger partial charge in [-0.2, -0.15) is 0 Å². The highest BCUT2D eigenvalue weighted by atomic mass is 127. The van der Waals surface area contributed by atoms with Crippen molar-refractivity contribution < 1.29 is 4.79 Å². The molecule has 0 saturated carbocycles. The number of nitrogens with one attached hydrogen (secondary N) is 3. The largest absolute Gasteiger partial charge is 0.357 e. The van der Waals surface area contributed by atoms with Crippen molar-refractivity contribution in [3.63, 3.8) is 0 Å². The molecule has 0 aliphatic carbocycles. The van der Waals surface area contributed by atoms with E-state index in [1.54, 1.807) is 0 Å². The third-order valence-corrected chi connectivity index (χ3v) is 6.01. The molecule has 1 atom stereocenters. The number of rotatable bonds is 7. The summed E-state index contributed by atoms with van der Waals surface area (Å²) in [6.07, 6.45) is 3.14. The SMILES string of the molecule is CCNC(=NCc1ccc(CN2CCCC2)cc1)NCC1CC(=O)Nc2ccccc21.I. The van der Waals surface area contributed by atoms with Crippen LogP contribution >= 0.6 is 24.0 Å². The number of carbonyl (C=O) groups excluding carboxylic acids is 1. The van der Waals surface area contributed by atoms with Crippen LogP contribution < -0.4 is 16.0 Å². The number of hydrogen-bond donors (Lipinski definition) is 3. The van der Waals surface area contributed by atoms with E-state index in [0.29, 0.717) is 19.5 Å². The van der Waals surface area contributed by atoms with E-state index in [1.807, 2.05) is 18.2 Å². The molecular formula is C25H34IN5O. The second kappa shape index (κ2) is 12.2. The first-order valence-electron chi connectivity index (χ1n) is 11.4. The lowest BCUT2D eigenvalue weighted by molar-refractivity contribution is -0.116. The van der Waals surface area contributed by atoms with Crippen LogP contribution in [0.1, 0.15) is 48.8 Å². The van der Waals surface area contributed by atoms with Crippen molar-refractivity contribution in [1.82, 2.24) is 15.5 Å². The zero-order chi connectivity index (χ0) is 21.5. The van der Waals surface area contributed by atoms with E-state index in [1.165, 1.54) is 42.6 Å². The molecule has 0 aromatic heterocycles. The van der Waals surface area contributed by atoms with Crippen LogP contribution in [0.3, 0.4) is 0 Å². The van der Waals surface area contributed by atoms with E-state index in [2.05, 4.69) is 58.1 Å². The number of hydrogen-bond acceptors (Lipinski definition) is 3. The van der Waals surface area contributed by atoms with Crippen molar-refractivity contribution in [1.29, 1.82) is 0 Å². The van der Waals surface area contributed by atoms with Crippen LogP contribution in [-0.4, -0.2) is 42.9 Å². The minimum absolute atomic E-state index is 0. The van der Waals surface area contributed by atoms with E-state index < -0.39 is 0 Å². The monoisotopic (exact) mass is 547 g/mol. The van der Waals surface area contributed by atoms with Gasteiger partial charge in [-0.3, -0.25) is 9.69 Å².